The number of carbonyl (C=O) groups is 2. The lowest BCUT2D eigenvalue weighted by atomic mass is 9.94. The number of amides is 1. The maximum Gasteiger partial charge on any atom is 0.295 e. The number of morpholine rings is 1. The molecule has 0 unspecified atom stereocenters. The van der Waals surface area contributed by atoms with Gasteiger partial charge in [0.2, 0.25) is 5.75 Å². The Balaban J connectivity index is 1.77. The highest BCUT2D eigenvalue weighted by atomic mass is 35.5. The molecule has 2 aromatic carbocycles. The summed E-state index contributed by atoms with van der Waals surface area (Å²) < 4.78 is 21.9. The van der Waals surface area contributed by atoms with Gasteiger partial charge < -0.3 is 29.0 Å². The Morgan fingerprint density at radius 2 is 1.62 bits per heavy atom. The van der Waals surface area contributed by atoms with E-state index >= 15 is 0 Å². The molecule has 0 aromatic heterocycles. The number of hydrogen-bond donors (Lipinski definition) is 1. The number of likely N-dealkylation sites (tertiary alicyclic amines) is 1. The van der Waals surface area contributed by atoms with Crippen LogP contribution in [0.25, 0.3) is 5.76 Å². The summed E-state index contributed by atoms with van der Waals surface area (Å²) >= 11 is 6.01. The van der Waals surface area contributed by atoms with E-state index in [4.69, 9.17) is 30.5 Å². The first-order valence-electron chi connectivity index (χ1n) is 12.0. The Bertz CT molecular complexity index is 1150. The summed E-state index contributed by atoms with van der Waals surface area (Å²) in [5.74, 6) is -0.557. The Hall–Kier alpha value is -3.27. The van der Waals surface area contributed by atoms with Crippen LogP contribution in [0.5, 0.6) is 17.2 Å². The van der Waals surface area contributed by atoms with Crippen LogP contribution in [0, 0.1) is 0 Å². The van der Waals surface area contributed by atoms with Gasteiger partial charge in [0.1, 0.15) is 5.76 Å². The Kier molecular flexibility index (Phi) is 8.58. The van der Waals surface area contributed by atoms with Gasteiger partial charge in [-0.05, 0) is 48.4 Å². The van der Waals surface area contributed by atoms with E-state index in [1.54, 1.807) is 36.4 Å². The molecule has 2 aromatic rings. The lowest BCUT2D eigenvalue weighted by Gasteiger charge is -2.29. The summed E-state index contributed by atoms with van der Waals surface area (Å²) in [5.41, 5.74) is 0.928. The molecule has 1 N–H and O–H groups in total. The van der Waals surface area contributed by atoms with Crippen molar-refractivity contribution in [3.63, 3.8) is 0 Å². The third-order valence-corrected chi connectivity index (χ3v) is 6.89. The van der Waals surface area contributed by atoms with E-state index in [0.29, 0.717) is 59.6 Å². The number of ketones is 1. The van der Waals surface area contributed by atoms with Gasteiger partial charge in [-0.2, -0.15) is 0 Å². The number of rotatable bonds is 9. The van der Waals surface area contributed by atoms with Crippen molar-refractivity contribution in [2.75, 3.05) is 60.7 Å². The number of halogens is 1. The Morgan fingerprint density at radius 1 is 1.00 bits per heavy atom. The largest absolute Gasteiger partial charge is 0.507 e. The molecule has 4 rings (SSSR count). The summed E-state index contributed by atoms with van der Waals surface area (Å²) in [6, 6.07) is 8.98. The van der Waals surface area contributed by atoms with E-state index in [2.05, 4.69) is 4.90 Å². The van der Waals surface area contributed by atoms with Crippen LogP contribution in [0.3, 0.4) is 0 Å². The van der Waals surface area contributed by atoms with Crippen LogP contribution in [-0.2, 0) is 14.3 Å². The smallest absolute Gasteiger partial charge is 0.295 e. The molecule has 2 fully saturated rings. The van der Waals surface area contributed by atoms with Gasteiger partial charge in [0.15, 0.2) is 11.5 Å². The zero-order valence-electron chi connectivity index (χ0n) is 21.2. The fraction of sp³-hybridized carbons (Fsp3) is 0.407. The first-order valence-corrected chi connectivity index (χ1v) is 12.4. The monoisotopic (exact) mass is 530 g/mol. The third-order valence-electron chi connectivity index (χ3n) is 6.64. The van der Waals surface area contributed by atoms with Crippen LogP contribution < -0.4 is 14.2 Å². The minimum absolute atomic E-state index is 0.00651. The maximum atomic E-state index is 13.3. The minimum Gasteiger partial charge on any atom is -0.507 e. The highest BCUT2D eigenvalue weighted by Crippen LogP contribution is 2.45. The molecule has 0 aliphatic carbocycles. The summed E-state index contributed by atoms with van der Waals surface area (Å²) in [4.78, 5) is 30.4. The van der Waals surface area contributed by atoms with E-state index in [1.807, 2.05) is 0 Å². The highest BCUT2D eigenvalue weighted by molar-refractivity contribution is 6.46. The molecule has 0 spiro atoms. The molecule has 37 heavy (non-hydrogen) atoms. The Labute approximate surface area is 221 Å². The molecule has 2 aliphatic rings. The molecule has 198 valence electrons. The molecule has 10 heteroatoms. The first kappa shape index (κ1) is 26.8. The van der Waals surface area contributed by atoms with Crippen LogP contribution >= 0.6 is 11.6 Å². The highest BCUT2D eigenvalue weighted by Gasteiger charge is 2.46. The van der Waals surface area contributed by atoms with Crippen LogP contribution in [0.4, 0.5) is 0 Å². The molecule has 1 atom stereocenters. The fourth-order valence-corrected chi connectivity index (χ4v) is 4.90. The van der Waals surface area contributed by atoms with E-state index in [1.165, 1.54) is 26.2 Å². The quantitative estimate of drug-likeness (QED) is 0.299. The van der Waals surface area contributed by atoms with Gasteiger partial charge in [-0.15, -0.1) is 0 Å². The van der Waals surface area contributed by atoms with Crippen LogP contribution in [-0.4, -0.2) is 87.3 Å². The van der Waals surface area contributed by atoms with E-state index < -0.39 is 17.7 Å². The third kappa shape index (κ3) is 5.53. The fourth-order valence-electron chi connectivity index (χ4n) is 4.77. The van der Waals surface area contributed by atoms with E-state index in [-0.39, 0.29) is 11.3 Å². The van der Waals surface area contributed by atoms with Crippen LogP contribution in [0.15, 0.2) is 42.0 Å². The number of Topliss-reactive ketones (excluding diaryl/α,β-unsaturated/α-hetero) is 1. The van der Waals surface area contributed by atoms with Crippen LogP contribution in [0.2, 0.25) is 5.02 Å². The number of methoxy groups -OCH3 is 3. The number of carbonyl (C=O) groups excluding carboxylic acids is 2. The van der Waals surface area contributed by atoms with Crippen LogP contribution in [0.1, 0.15) is 23.6 Å². The second-order valence-electron chi connectivity index (χ2n) is 8.77. The van der Waals surface area contributed by atoms with Gasteiger partial charge in [-0.1, -0.05) is 11.6 Å². The number of nitrogens with zero attached hydrogens (tertiary/aromatic N) is 2. The normalized spacial score (nSPS) is 19.8. The van der Waals surface area contributed by atoms with E-state index in [0.717, 1.165) is 19.6 Å². The first-order chi connectivity index (χ1) is 17.9. The number of aliphatic hydroxyl groups is 1. The summed E-state index contributed by atoms with van der Waals surface area (Å²) in [7, 11) is 4.49. The van der Waals surface area contributed by atoms with Crippen molar-refractivity contribution in [1.82, 2.24) is 9.80 Å². The SMILES string of the molecule is COc1cc([C@H]2C(=C(O)c3ccc(Cl)cc3)C(=O)C(=O)N2CCCN2CCOCC2)cc(OC)c1OC. The minimum atomic E-state index is -0.853. The molecule has 0 saturated carbocycles. The van der Waals surface area contributed by atoms with Crippen molar-refractivity contribution in [3.8, 4) is 17.2 Å². The average molecular weight is 531 g/mol. The number of aliphatic hydroxyl groups excluding tert-OH is 1. The van der Waals surface area contributed by atoms with Crippen molar-refractivity contribution in [2.45, 2.75) is 12.5 Å². The lowest BCUT2D eigenvalue weighted by molar-refractivity contribution is -0.140. The standard InChI is InChI=1S/C27H31ClN2O7/c1-34-20-15-18(16-21(35-2)26(20)36-3)23-22(24(31)17-5-7-19(28)8-6-17)25(32)27(33)30(23)10-4-9-29-11-13-37-14-12-29/h5-8,15-16,23,31H,4,9-14H2,1-3H3/t23-/m0/s1. The molecular weight excluding hydrogens is 500 g/mol. The molecule has 0 bridgehead atoms. The van der Waals surface area contributed by atoms with Crippen molar-refractivity contribution in [2.24, 2.45) is 0 Å². The average Bonchev–Trinajstić information content (AvgIpc) is 3.17. The Morgan fingerprint density at radius 3 is 2.19 bits per heavy atom. The molecule has 9 nitrogen and oxygen atoms in total. The van der Waals surface area contributed by atoms with Crippen molar-refractivity contribution < 1.29 is 33.6 Å². The lowest BCUT2D eigenvalue weighted by Crippen LogP contribution is -2.39. The zero-order chi connectivity index (χ0) is 26.5. The topological polar surface area (TPSA) is 97.8 Å². The van der Waals surface area contributed by atoms with Crippen molar-refractivity contribution in [1.29, 1.82) is 0 Å². The maximum absolute atomic E-state index is 13.3. The predicted octanol–water partition coefficient (Wildman–Crippen LogP) is 3.51. The molecule has 2 heterocycles. The molecular formula is C27H31ClN2O7. The number of benzene rings is 2. The molecule has 1 amide bonds. The van der Waals surface area contributed by atoms with Gasteiger partial charge in [0, 0.05) is 36.8 Å². The molecule has 2 saturated heterocycles. The van der Waals surface area contributed by atoms with Gasteiger partial charge in [0.25, 0.3) is 11.7 Å². The van der Waals surface area contributed by atoms with E-state index in [9.17, 15) is 14.7 Å². The number of ether oxygens (including phenoxy) is 4. The number of hydrogen-bond acceptors (Lipinski definition) is 8. The van der Waals surface area contributed by atoms with Gasteiger partial charge in [0.05, 0.1) is 46.2 Å². The van der Waals surface area contributed by atoms with Gasteiger partial charge in [-0.3, -0.25) is 14.5 Å². The molecule has 0 radical (unpaired) electrons. The van der Waals surface area contributed by atoms with Crippen molar-refractivity contribution in [3.05, 3.63) is 58.1 Å². The predicted molar refractivity (Wildman–Crippen MR) is 138 cm³/mol. The van der Waals surface area contributed by atoms with Crippen molar-refractivity contribution >= 4 is 29.1 Å². The van der Waals surface area contributed by atoms with Gasteiger partial charge >= 0.3 is 0 Å². The second kappa shape index (κ2) is 11.9. The summed E-state index contributed by atoms with van der Waals surface area (Å²) in [6.07, 6.45) is 0.648. The summed E-state index contributed by atoms with van der Waals surface area (Å²) in [5, 5.41) is 11.7. The summed E-state index contributed by atoms with van der Waals surface area (Å²) in [6.45, 7) is 4.08. The van der Waals surface area contributed by atoms with Gasteiger partial charge in [-0.25, -0.2) is 0 Å². The zero-order valence-corrected chi connectivity index (χ0v) is 21.9. The second-order valence-corrected chi connectivity index (χ2v) is 9.20. The molecule has 2 aliphatic heterocycles.